The summed E-state index contributed by atoms with van der Waals surface area (Å²) < 4.78 is 12.3. The molecule has 5 nitrogen and oxygen atoms in total. The minimum absolute atomic E-state index is 0.336. The van der Waals surface area contributed by atoms with Crippen molar-refractivity contribution in [2.24, 2.45) is 7.05 Å². The summed E-state index contributed by atoms with van der Waals surface area (Å²) in [6.07, 6.45) is 1.60. The maximum absolute atomic E-state index is 5.68. The van der Waals surface area contributed by atoms with Gasteiger partial charge in [-0.1, -0.05) is 0 Å². The van der Waals surface area contributed by atoms with Gasteiger partial charge in [-0.2, -0.15) is 5.10 Å². The SMILES string of the molecule is Cn1ncc(N)c1B1OCCO1. The Kier molecular flexibility index (Phi) is 1.78. The first-order valence-corrected chi connectivity index (χ1v) is 3.79. The van der Waals surface area contributed by atoms with Crippen LogP contribution in [-0.2, 0) is 16.4 Å². The third kappa shape index (κ3) is 1.09. The number of hydrogen-bond donors (Lipinski definition) is 1. The molecule has 0 amide bonds. The molecule has 1 aliphatic heterocycles. The molecule has 1 aromatic heterocycles. The molecule has 0 atom stereocenters. The van der Waals surface area contributed by atoms with Crippen molar-refractivity contribution in [2.75, 3.05) is 18.9 Å². The van der Waals surface area contributed by atoms with E-state index in [1.165, 1.54) is 0 Å². The largest absolute Gasteiger partial charge is 0.515 e. The maximum Gasteiger partial charge on any atom is 0.515 e. The smallest absolute Gasteiger partial charge is 0.404 e. The number of hydrogen-bond acceptors (Lipinski definition) is 4. The fourth-order valence-electron chi connectivity index (χ4n) is 1.27. The maximum atomic E-state index is 5.68. The van der Waals surface area contributed by atoms with Crippen molar-refractivity contribution in [3.05, 3.63) is 6.20 Å². The van der Waals surface area contributed by atoms with Crippen molar-refractivity contribution < 1.29 is 9.31 Å². The molecule has 0 radical (unpaired) electrons. The second-order valence-corrected chi connectivity index (χ2v) is 2.68. The van der Waals surface area contributed by atoms with E-state index in [1.807, 2.05) is 7.05 Å². The van der Waals surface area contributed by atoms with Gasteiger partial charge in [0.2, 0.25) is 0 Å². The zero-order chi connectivity index (χ0) is 8.55. The van der Waals surface area contributed by atoms with Gasteiger partial charge in [-0.3, -0.25) is 4.68 Å². The predicted octanol–water partition coefficient (Wildman–Crippen LogP) is -1.26. The first-order valence-electron chi connectivity index (χ1n) is 3.79. The highest BCUT2D eigenvalue weighted by Crippen LogP contribution is 2.04. The molecule has 0 unspecified atom stereocenters. The van der Waals surface area contributed by atoms with E-state index in [0.29, 0.717) is 18.9 Å². The van der Waals surface area contributed by atoms with Crippen molar-refractivity contribution in [2.45, 2.75) is 0 Å². The Morgan fingerprint density at radius 2 is 2.25 bits per heavy atom. The molecular formula is C6H10BN3O2. The number of aromatic nitrogens is 2. The summed E-state index contributed by atoms with van der Waals surface area (Å²) in [7, 11) is 1.48. The average Bonchev–Trinajstić information content (AvgIpc) is 2.61. The first-order chi connectivity index (χ1) is 5.79. The average molecular weight is 167 g/mol. The molecule has 1 aliphatic rings. The second kappa shape index (κ2) is 2.80. The summed E-state index contributed by atoms with van der Waals surface area (Å²) >= 11 is 0. The van der Waals surface area contributed by atoms with Crippen LogP contribution in [0.2, 0.25) is 0 Å². The van der Waals surface area contributed by atoms with E-state index in [1.54, 1.807) is 10.9 Å². The van der Waals surface area contributed by atoms with Crippen LogP contribution in [0.15, 0.2) is 6.20 Å². The van der Waals surface area contributed by atoms with Gasteiger partial charge in [0.1, 0.15) is 0 Å². The van der Waals surface area contributed by atoms with Crippen molar-refractivity contribution in [1.82, 2.24) is 9.78 Å². The number of rotatable bonds is 1. The van der Waals surface area contributed by atoms with Crippen LogP contribution in [0.1, 0.15) is 0 Å². The van der Waals surface area contributed by atoms with Crippen LogP contribution in [0.25, 0.3) is 0 Å². The minimum atomic E-state index is -0.336. The molecule has 12 heavy (non-hydrogen) atoms. The van der Waals surface area contributed by atoms with Gasteiger partial charge in [-0.15, -0.1) is 0 Å². The van der Waals surface area contributed by atoms with Crippen LogP contribution in [0.4, 0.5) is 5.69 Å². The van der Waals surface area contributed by atoms with Gasteiger partial charge >= 0.3 is 7.12 Å². The molecule has 0 aliphatic carbocycles. The van der Waals surface area contributed by atoms with Crippen LogP contribution in [0.5, 0.6) is 0 Å². The summed E-state index contributed by atoms with van der Waals surface area (Å²) in [6, 6.07) is 0. The Labute approximate surface area is 70.6 Å². The fourth-order valence-corrected chi connectivity index (χ4v) is 1.27. The zero-order valence-corrected chi connectivity index (χ0v) is 6.86. The highest BCUT2D eigenvalue weighted by Gasteiger charge is 2.31. The molecule has 2 rings (SSSR count). The highest BCUT2D eigenvalue weighted by atomic mass is 16.6. The van der Waals surface area contributed by atoms with E-state index < -0.39 is 0 Å². The minimum Gasteiger partial charge on any atom is -0.404 e. The molecule has 1 aromatic rings. The molecule has 64 valence electrons. The normalized spacial score (nSPS) is 17.2. The van der Waals surface area contributed by atoms with E-state index in [-0.39, 0.29) is 7.12 Å². The molecule has 1 saturated heterocycles. The van der Waals surface area contributed by atoms with Crippen molar-refractivity contribution in [3.63, 3.8) is 0 Å². The molecule has 0 bridgehead atoms. The van der Waals surface area contributed by atoms with Crippen LogP contribution in [0.3, 0.4) is 0 Å². The topological polar surface area (TPSA) is 62.3 Å². The lowest BCUT2D eigenvalue weighted by Crippen LogP contribution is -2.38. The van der Waals surface area contributed by atoms with E-state index in [9.17, 15) is 0 Å². The molecule has 2 heterocycles. The standard InChI is InChI=1S/C6H10BN3O2/c1-10-6(5(8)4-9-10)7-11-2-3-12-7/h4H,2-3,8H2,1H3. The Morgan fingerprint density at radius 1 is 1.58 bits per heavy atom. The van der Waals surface area contributed by atoms with E-state index in [4.69, 9.17) is 15.0 Å². The van der Waals surface area contributed by atoms with E-state index >= 15 is 0 Å². The van der Waals surface area contributed by atoms with E-state index in [0.717, 1.165) is 5.59 Å². The lowest BCUT2D eigenvalue weighted by molar-refractivity contribution is 0.365. The van der Waals surface area contributed by atoms with Gasteiger partial charge in [0, 0.05) is 7.05 Å². The quantitative estimate of drug-likeness (QED) is 0.530. The molecule has 0 aromatic carbocycles. The molecule has 0 spiro atoms. The van der Waals surface area contributed by atoms with Gasteiger partial charge in [-0.05, 0) is 0 Å². The predicted molar refractivity (Wildman–Crippen MR) is 44.9 cm³/mol. The second-order valence-electron chi connectivity index (χ2n) is 2.68. The van der Waals surface area contributed by atoms with Gasteiger partial charge in [0.15, 0.2) is 0 Å². The van der Waals surface area contributed by atoms with Gasteiger partial charge in [0.05, 0.1) is 30.7 Å². The Balaban J connectivity index is 2.30. The third-order valence-corrected chi connectivity index (χ3v) is 1.86. The molecule has 0 saturated carbocycles. The third-order valence-electron chi connectivity index (χ3n) is 1.86. The van der Waals surface area contributed by atoms with Crippen molar-refractivity contribution >= 4 is 18.4 Å². The number of nitrogens with two attached hydrogens (primary N) is 1. The Bertz CT molecular complexity index is 263. The lowest BCUT2D eigenvalue weighted by atomic mass is 9.84. The summed E-state index contributed by atoms with van der Waals surface area (Å²) in [6.45, 7) is 1.24. The zero-order valence-electron chi connectivity index (χ0n) is 6.86. The molecule has 6 heteroatoms. The number of nitrogen functional groups attached to an aromatic ring is 1. The van der Waals surface area contributed by atoms with Gasteiger partial charge in [-0.25, -0.2) is 0 Å². The first kappa shape index (κ1) is 7.63. The highest BCUT2D eigenvalue weighted by molar-refractivity contribution is 6.62. The van der Waals surface area contributed by atoms with Crippen LogP contribution in [0, 0.1) is 0 Å². The molecule has 1 fully saturated rings. The monoisotopic (exact) mass is 167 g/mol. The number of nitrogens with zero attached hydrogens (tertiary/aromatic N) is 2. The Morgan fingerprint density at radius 3 is 2.75 bits per heavy atom. The number of aryl methyl sites for hydroxylation is 1. The number of anilines is 1. The van der Waals surface area contributed by atoms with Gasteiger partial charge in [0.25, 0.3) is 0 Å². The van der Waals surface area contributed by atoms with Crippen LogP contribution >= 0.6 is 0 Å². The molecular weight excluding hydrogens is 157 g/mol. The summed E-state index contributed by atoms with van der Waals surface area (Å²) in [5.74, 6) is 0. The van der Waals surface area contributed by atoms with Crippen molar-refractivity contribution in [1.29, 1.82) is 0 Å². The summed E-state index contributed by atoms with van der Waals surface area (Å²) in [4.78, 5) is 0. The van der Waals surface area contributed by atoms with Gasteiger partial charge < -0.3 is 15.0 Å². The summed E-state index contributed by atoms with van der Waals surface area (Å²) in [5.41, 5.74) is 7.09. The van der Waals surface area contributed by atoms with Crippen LogP contribution < -0.4 is 11.3 Å². The van der Waals surface area contributed by atoms with Crippen molar-refractivity contribution in [3.8, 4) is 0 Å². The molecule has 2 N–H and O–H groups in total. The summed E-state index contributed by atoms with van der Waals surface area (Å²) in [5, 5.41) is 3.99. The lowest BCUT2D eigenvalue weighted by Gasteiger charge is -2.04. The van der Waals surface area contributed by atoms with E-state index in [2.05, 4.69) is 5.10 Å². The Hall–Kier alpha value is -1.01. The fraction of sp³-hybridized carbons (Fsp3) is 0.500. The van der Waals surface area contributed by atoms with Crippen LogP contribution in [-0.4, -0.2) is 30.1 Å².